The van der Waals surface area contributed by atoms with E-state index in [1.54, 1.807) is 4.90 Å². The third-order valence-corrected chi connectivity index (χ3v) is 2.22. The minimum Gasteiger partial charge on any atom is -0.450 e. The van der Waals surface area contributed by atoms with Gasteiger partial charge in [-0.05, 0) is 26.4 Å². The van der Waals surface area contributed by atoms with Gasteiger partial charge in [0.25, 0.3) is 0 Å². The SMILES string of the molecule is CCOC(=O)N1CC(NCCCN)C1. The molecule has 1 saturated heterocycles. The van der Waals surface area contributed by atoms with Crippen LogP contribution in [0.5, 0.6) is 0 Å². The summed E-state index contributed by atoms with van der Waals surface area (Å²) >= 11 is 0. The van der Waals surface area contributed by atoms with E-state index in [4.69, 9.17) is 10.5 Å². The van der Waals surface area contributed by atoms with E-state index >= 15 is 0 Å². The van der Waals surface area contributed by atoms with Crippen LogP contribution in [0.15, 0.2) is 0 Å². The molecule has 1 aliphatic rings. The van der Waals surface area contributed by atoms with Crippen LogP contribution >= 0.6 is 0 Å². The second-order valence-corrected chi connectivity index (χ2v) is 3.40. The van der Waals surface area contributed by atoms with Crippen LogP contribution in [0.25, 0.3) is 0 Å². The van der Waals surface area contributed by atoms with Gasteiger partial charge < -0.3 is 20.7 Å². The zero-order valence-corrected chi connectivity index (χ0v) is 8.66. The van der Waals surface area contributed by atoms with Gasteiger partial charge in [-0.25, -0.2) is 4.79 Å². The van der Waals surface area contributed by atoms with Crippen molar-refractivity contribution in [3.63, 3.8) is 0 Å². The summed E-state index contributed by atoms with van der Waals surface area (Å²) in [5.41, 5.74) is 5.36. The normalized spacial score (nSPS) is 16.6. The van der Waals surface area contributed by atoms with Crippen molar-refractivity contribution in [1.29, 1.82) is 0 Å². The van der Waals surface area contributed by atoms with Crippen molar-refractivity contribution in [2.75, 3.05) is 32.8 Å². The summed E-state index contributed by atoms with van der Waals surface area (Å²) in [5.74, 6) is 0. The Morgan fingerprint density at radius 3 is 2.93 bits per heavy atom. The van der Waals surface area contributed by atoms with Crippen molar-refractivity contribution in [2.24, 2.45) is 5.73 Å². The zero-order chi connectivity index (χ0) is 10.4. The first-order chi connectivity index (χ1) is 6.77. The maximum absolute atomic E-state index is 11.2. The van der Waals surface area contributed by atoms with Crippen LogP contribution < -0.4 is 11.1 Å². The van der Waals surface area contributed by atoms with Gasteiger partial charge in [0.1, 0.15) is 0 Å². The highest BCUT2D eigenvalue weighted by Crippen LogP contribution is 2.09. The second kappa shape index (κ2) is 5.82. The molecule has 1 rings (SSSR count). The number of rotatable bonds is 5. The molecule has 0 unspecified atom stereocenters. The Labute approximate surface area is 84.6 Å². The van der Waals surface area contributed by atoms with Gasteiger partial charge in [-0.3, -0.25) is 0 Å². The van der Waals surface area contributed by atoms with Crippen molar-refractivity contribution in [1.82, 2.24) is 10.2 Å². The molecule has 1 fully saturated rings. The first-order valence-electron chi connectivity index (χ1n) is 5.13. The number of amides is 1. The van der Waals surface area contributed by atoms with E-state index in [0.717, 1.165) is 26.1 Å². The van der Waals surface area contributed by atoms with Crippen LogP contribution in [-0.4, -0.2) is 49.8 Å². The lowest BCUT2D eigenvalue weighted by molar-refractivity contribution is 0.0685. The monoisotopic (exact) mass is 201 g/mol. The standard InChI is InChI=1S/C9H19N3O2/c1-2-14-9(13)12-6-8(7-12)11-5-3-4-10/h8,11H,2-7,10H2,1H3. The number of nitrogens with two attached hydrogens (primary N) is 1. The maximum atomic E-state index is 11.2. The number of ether oxygens (including phenoxy) is 1. The molecule has 0 atom stereocenters. The molecule has 0 aromatic rings. The molecule has 5 nitrogen and oxygen atoms in total. The molecule has 0 aliphatic carbocycles. The first-order valence-corrected chi connectivity index (χ1v) is 5.13. The minimum atomic E-state index is -0.204. The van der Waals surface area contributed by atoms with Crippen molar-refractivity contribution in [2.45, 2.75) is 19.4 Å². The summed E-state index contributed by atoms with van der Waals surface area (Å²) in [7, 11) is 0. The molecule has 5 heteroatoms. The van der Waals surface area contributed by atoms with Crippen molar-refractivity contribution >= 4 is 6.09 Å². The van der Waals surface area contributed by atoms with E-state index in [9.17, 15) is 4.79 Å². The molecule has 1 heterocycles. The average molecular weight is 201 g/mol. The van der Waals surface area contributed by atoms with Gasteiger partial charge in [-0.1, -0.05) is 0 Å². The molecule has 82 valence electrons. The number of carbonyl (C=O) groups excluding carboxylic acids is 1. The second-order valence-electron chi connectivity index (χ2n) is 3.40. The lowest BCUT2D eigenvalue weighted by atomic mass is 10.1. The van der Waals surface area contributed by atoms with Crippen LogP contribution in [0.1, 0.15) is 13.3 Å². The number of likely N-dealkylation sites (tertiary alicyclic amines) is 1. The van der Waals surface area contributed by atoms with Crippen LogP contribution in [0.3, 0.4) is 0 Å². The van der Waals surface area contributed by atoms with E-state index in [2.05, 4.69) is 5.32 Å². The van der Waals surface area contributed by atoms with Gasteiger partial charge >= 0.3 is 6.09 Å². The van der Waals surface area contributed by atoms with Gasteiger partial charge in [0.05, 0.1) is 6.61 Å². The van der Waals surface area contributed by atoms with Gasteiger partial charge in [0.2, 0.25) is 0 Å². The fourth-order valence-corrected chi connectivity index (χ4v) is 1.38. The predicted molar refractivity (Wildman–Crippen MR) is 54.1 cm³/mol. The Morgan fingerprint density at radius 1 is 1.64 bits per heavy atom. The van der Waals surface area contributed by atoms with Crippen LogP contribution in [0, 0.1) is 0 Å². The molecule has 0 aromatic carbocycles. The number of carbonyl (C=O) groups is 1. The number of hydrogen-bond acceptors (Lipinski definition) is 4. The topological polar surface area (TPSA) is 67.6 Å². The highest BCUT2D eigenvalue weighted by Gasteiger charge is 2.30. The van der Waals surface area contributed by atoms with Crippen molar-refractivity contribution in [3.8, 4) is 0 Å². The highest BCUT2D eigenvalue weighted by atomic mass is 16.6. The average Bonchev–Trinajstić information content (AvgIpc) is 2.09. The molecule has 0 radical (unpaired) electrons. The van der Waals surface area contributed by atoms with Crippen LogP contribution in [-0.2, 0) is 4.74 Å². The van der Waals surface area contributed by atoms with Gasteiger partial charge in [-0.2, -0.15) is 0 Å². The summed E-state index contributed by atoms with van der Waals surface area (Å²) in [6.45, 7) is 5.40. The third kappa shape index (κ3) is 3.16. The van der Waals surface area contributed by atoms with E-state index in [-0.39, 0.29) is 6.09 Å². The Bertz CT molecular complexity index is 181. The summed E-state index contributed by atoms with van der Waals surface area (Å²) in [6, 6.07) is 0.422. The maximum Gasteiger partial charge on any atom is 0.409 e. The molecular formula is C9H19N3O2. The highest BCUT2D eigenvalue weighted by molar-refractivity contribution is 5.68. The molecule has 0 aromatic heterocycles. The first kappa shape index (κ1) is 11.3. The summed E-state index contributed by atoms with van der Waals surface area (Å²) in [4.78, 5) is 12.9. The lowest BCUT2D eigenvalue weighted by Gasteiger charge is -2.38. The predicted octanol–water partition coefficient (Wildman–Crippen LogP) is -0.234. The number of nitrogens with one attached hydrogen (secondary N) is 1. The molecule has 3 N–H and O–H groups in total. The number of nitrogens with zero attached hydrogens (tertiary/aromatic N) is 1. The Kier molecular flexibility index (Phi) is 4.69. The minimum absolute atomic E-state index is 0.204. The fourth-order valence-electron chi connectivity index (χ4n) is 1.38. The molecule has 0 saturated carbocycles. The van der Waals surface area contributed by atoms with Gasteiger partial charge in [0.15, 0.2) is 0 Å². The Morgan fingerprint density at radius 2 is 2.36 bits per heavy atom. The summed E-state index contributed by atoms with van der Waals surface area (Å²) in [6.07, 6.45) is 0.778. The number of hydrogen-bond donors (Lipinski definition) is 2. The molecular weight excluding hydrogens is 182 g/mol. The zero-order valence-electron chi connectivity index (χ0n) is 8.66. The quantitative estimate of drug-likeness (QED) is 0.603. The van der Waals surface area contributed by atoms with Gasteiger partial charge in [-0.15, -0.1) is 0 Å². The van der Waals surface area contributed by atoms with Crippen LogP contribution in [0.4, 0.5) is 4.79 Å². The summed E-state index contributed by atoms with van der Waals surface area (Å²) < 4.78 is 4.86. The molecule has 1 amide bonds. The lowest BCUT2D eigenvalue weighted by Crippen LogP contribution is -2.60. The molecule has 0 bridgehead atoms. The molecule has 0 spiro atoms. The largest absolute Gasteiger partial charge is 0.450 e. The van der Waals surface area contributed by atoms with E-state index < -0.39 is 0 Å². The van der Waals surface area contributed by atoms with Crippen LogP contribution in [0.2, 0.25) is 0 Å². The molecule has 1 aliphatic heterocycles. The summed E-state index contributed by atoms with van der Waals surface area (Å²) in [5, 5.41) is 3.32. The fraction of sp³-hybridized carbons (Fsp3) is 0.889. The Balaban J connectivity index is 2.02. The smallest absolute Gasteiger partial charge is 0.409 e. The van der Waals surface area contributed by atoms with E-state index in [1.165, 1.54) is 0 Å². The molecule has 14 heavy (non-hydrogen) atoms. The van der Waals surface area contributed by atoms with Gasteiger partial charge in [0, 0.05) is 19.1 Å². The van der Waals surface area contributed by atoms with E-state index in [0.29, 0.717) is 19.2 Å². The third-order valence-electron chi connectivity index (χ3n) is 2.22. The van der Waals surface area contributed by atoms with Crippen molar-refractivity contribution < 1.29 is 9.53 Å². The Hall–Kier alpha value is -0.810. The van der Waals surface area contributed by atoms with Crippen molar-refractivity contribution in [3.05, 3.63) is 0 Å². The van der Waals surface area contributed by atoms with E-state index in [1.807, 2.05) is 6.92 Å².